The van der Waals surface area contributed by atoms with Crippen LogP contribution in [0, 0.1) is 12.8 Å². The van der Waals surface area contributed by atoms with Crippen LogP contribution in [0.15, 0.2) is 30.4 Å². The van der Waals surface area contributed by atoms with Crippen LogP contribution in [0.25, 0.3) is 6.08 Å². The molecule has 0 bridgehead atoms. The predicted molar refractivity (Wildman–Crippen MR) is 212 cm³/mol. The van der Waals surface area contributed by atoms with Gasteiger partial charge < -0.3 is 42.8 Å². The Bertz CT molecular complexity index is 1560. The van der Waals surface area contributed by atoms with Crippen LogP contribution in [-0.2, 0) is 42.7 Å². The number of hydrogen-bond acceptors (Lipinski definition) is 12. The van der Waals surface area contributed by atoms with Gasteiger partial charge in [-0.1, -0.05) is 25.2 Å². The zero-order valence-electron chi connectivity index (χ0n) is 35.4. The molecule has 2 aliphatic rings. The van der Waals surface area contributed by atoms with Gasteiger partial charge in [-0.25, -0.2) is 14.4 Å². The molecule has 2 heterocycles. The number of amides is 2. The number of aryl methyl sites for hydroxylation is 1. The van der Waals surface area contributed by atoms with Gasteiger partial charge in [0.25, 0.3) is 0 Å². The van der Waals surface area contributed by atoms with Gasteiger partial charge >= 0.3 is 18.2 Å². The van der Waals surface area contributed by atoms with Gasteiger partial charge in [0, 0.05) is 38.3 Å². The lowest BCUT2D eigenvalue weighted by Crippen LogP contribution is -2.45. The lowest BCUT2D eigenvalue weighted by atomic mass is 9.97. The summed E-state index contributed by atoms with van der Waals surface area (Å²) in [6.45, 7) is 21.7. The van der Waals surface area contributed by atoms with Crippen molar-refractivity contribution in [2.45, 2.75) is 118 Å². The minimum atomic E-state index is -0.966. The maximum Gasteiger partial charge on any atom is 0.414 e. The molecule has 0 aromatic heterocycles. The molecule has 2 aliphatic heterocycles. The molecule has 1 aromatic rings. The first-order chi connectivity index (χ1) is 26.1. The van der Waals surface area contributed by atoms with Gasteiger partial charge in [-0.3, -0.25) is 9.69 Å². The fraction of sp³-hybridized carbons (Fsp3) is 0.667. The Balaban J connectivity index is 2.00. The van der Waals surface area contributed by atoms with Crippen LogP contribution in [-0.4, -0.2) is 124 Å². The quantitative estimate of drug-likeness (QED) is 0.116. The SMILES string of the molecule is COCCOCCOCCN(CCN(C(=O)OC(C)(C)C)c1cc(C)c2c(c1)/C=C/C[C@@H]1OC(C)(C)O[C@@H]1C(=O)/C=C\[C@@H](C)[C@H](C)OC2=O)C(=O)OC(C)(C)C. The average molecular weight is 789 g/mol. The van der Waals surface area contributed by atoms with Gasteiger partial charge in [0.1, 0.15) is 23.4 Å². The summed E-state index contributed by atoms with van der Waals surface area (Å²) >= 11 is 0. The standard InChI is InChI=1S/C42H64N2O12/c1-28-16-17-33(45)36-34(53-42(10,11)54-36)15-13-14-31-27-32(26-29(2)35(31)37(46)52-30(28)3)44(39(48)56-41(7,8)9)19-18-43(38(47)55-40(4,5)6)20-21-50-24-25-51-23-22-49-12/h13-14,16-17,26-28,30,34,36H,15,18-25H2,1-12H3/b14-13+,17-16-/t28-,30+,34+,36-/m1/s1. The number of carbonyl (C=O) groups excluding carboxylic acids is 4. The largest absolute Gasteiger partial charge is 0.458 e. The van der Waals surface area contributed by atoms with Crippen molar-refractivity contribution in [3.05, 3.63) is 47.1 Å². The van der Waals surface area contributed by atoms with Gasteiger partial charge in [0.05, 0.1) is 44.7 Å². The number of methoxy groups -OCH3 is 1. The number of carbonyl (C=O) groups is 4. The number of anilines is 1. The Morgan fingerprint density at radius 2 is 1.46 bits per heavy atom. The summed E-state index contributed by atoms with van der Waals surface area (Å²) in [6, 6.07) is 3.44. The van der Waals surface area contributed by atoms with Crippen LogP contribution in [0.2, 0.25) is 0 Å². The first-order valence-electron chi connectivity index (χ1n) is 19.3. The van der Waals surface area contributed by atoms with E-state index in [2.05, 4.69) is 0 Å². The summed E-state index contributed by atoms with van der Waals surface area (Å²) in [5.41, 5.74) is 0.200. The van der Waals surface area contributed by atoms with Crippen LogP contribution >= 0.6 is 0 Å². The van der Waals surface area contributed by atoms with Gasteiger partial charge in [-0.05, 0) is 105 Å². The Morgan fingerprint density at radius 3 is 2.11 bits per heavy atom. The van der Waals surface area contributed by atoms with Crippen molar-refractivity contribution in [2.75, 3.05) is 64.7 Å². The molecule has 56 heavy (non-hydrogen) atoms. The third kappa shape index (κ3) is 14.9. The van der Waals surface area contributed by atoms with E-state index in [1.807, 2.05) is 13.0 Å². The van der Waals surface area contributed by atoms with E-state index in [1.165, 1.54) is 15.9 Å². The van der Waals surface area contributed by atoms with E-state index >= 15 is 0 Å². The number of benzene rings is 1. The smallest absolute Gasteiger partial charge is 0.414 e. The Morgan fingerprint density at radius 1 is 0.839 bits per heavy atom. The molecule has 314 valence electrons. The highest BCUT2D eigenvalue weighted by molar-refractivity contribution is 5.98. The number of ether oxygens (including phenoxy) is 8. The molecular formula is C42H64N2O12. The Labute approximate surface area is 332 Å². The number of esters is 1. The molecule has 2 amide bonds. The van der Waals surface area contributed by atoms with Crippen molar-refractivity contribution in [3.63, 3.8) is 0 Å². The lowest BCUT2D eigenvalue weighted by molar-refractivity contribution is -0.152. The Kier molecular flexibility index (Phi) is 17.1. The summed E-state index contributed by atoms with van der Waals surface area (Å²) in [5, 5.41) is 0. The fourth-order valence-corrected chi connectivity index (χ4v) is 5.90. The van der Waals surface area contributed by atoms with Gasteiger partial charge in [-0.2, -0.15) is 0 Å². The van der Waals surface area contributed by atoms with Crippen molar-refractivity contribution < 1.29 is 57.1 Å². The van der Waals surface area contributed by atoms with E-state index in [4.69, 9.17) is 37.9 Å². The maximum absolute atomic E-state index is 13.9. The zero-order valence-corrected chi connectivity index (χ0v) is 35.4. The molecule has 4 atom stereocenters. The molecule has 0 saturated carbocycles. The molecule has 0 unspecified atom stereocenters. The molecule has 1 fully saturated rings. The third-order valence-electron chi connectivity index (χ3n) is 8.76. The van der Waals surface area contributed by atoms with Crippen molar-refractivity contribution in [1.82, 2.24) is 4.90 Å². The van der Waals surface area contributed by atoms with E-state index in [-0.39, 0.29) is 37.9 Å². The maximum atomic E-state index is 13.9. The minimum Gasteiger partial charge on any atom is -0.458 e. The highest BCUT2D eigenvalue weighted by Gasteiger charge is 2.43. The summed E-state index contributed by atoms with van der Waals surface area (Å²) in [6.07, 6.45) is 3.90. The zero-order chi connectivity index (χ0) is 41.8. The predicted octanol–water partition coefficient (Wildman–Crippen LogP) is 6.90. The number of fused-ring (bicyclic) bond motifs is 2. The normalized spacial score (nSPS) is 22.6. The second-order valence-corrected chi connectivity index (χ2v) is 16.5. The van der Waals surface area contributed by atoms with Crippen molar-refractivity contribution in [1.29, 1.82) is 0 Å². The Hall–Kier alpha value is -3.82. The molecule has 1 aromatic carbocycles. The van der Waals surface area contributed by atoms with Crippen LogP contribution in [0.3, 0.4) is 0 Å². The van der Waals surface area contributed by atoms with E-state index in [1.54, 1.807) is 101 Å². The minimum absolute atomic E-state index is 0.0215. The topological polar surface area (TPSA) is 149 Å². The van der Waals surface area contributed by atoms with E-state index in [0.29, 0.717) is 55.2 Å². The lowest BCUT2D eigenvalue weighted by Gasteiger charge is -2.31. The second-order valence-electron chi connectivity index (χ2n) is 16.5. The fourth-order valence-electron chi connectivity index (χ4n) is 5.90. The number of cyclic esters (lactones) is 1. The number of hydrogen-bond donors (Lipinski definition) is 0. The summed E-state index contributed by atoms with van der Waals surface area (Å²) in [7, 11) is 1.60. The van der Waals surface area contributed by atoms with Crippen molar-refractivity contribution in [2.24, 2.45) is 5.92 Å². The van der Waals surface area contributed by atoms with Crippen molar-refractivity contribution in [3.8, 4) is 0 Å². The monoisotopic (exact) mass is 788 g/mol. The first-order valence-corrected chi connectivity index (χ1v) is 19.3. The van der Waals surface area contributed by atoms with Crippen LogP contribution in [0.5, 0.6) is 0 Å². The van der Waals surface area contributed by atoms with Crippen LogP contribution < -0.4 is 4.90 Å². The molecule has 14 heteroatoms. The molecule has 0 N–H and O–H groups in total. The molecule has 3 rings (SSSR count). The highest BCUT2D eigenvalue weighted by atomic mass is 16.8. The first kappa shape index (κ1) is 46.6. The number of ketones is 1. The van der Waals surface area contributed by atoms with Crippen LogP contribution in [0.1, 0.15) is 97.1 Å². The summed E-state index contributed by atoms with van der Waals surface area (Å²) in [4.78, 5) is 57.3. The number of rotatable bonds is 13. The second kappa shape index (κ2) is 20.6. The highest BCUT2D eigenvalue weighted by Crippen LogP contribution is 2.33. The number of nitrogens with zero attached hydrogens (tertiary/aromatic N) is 2. The van der Waals surface area contributed by atoms with E-state index in [9.17, 15) is 19.2 Å². The molecular weight excluding hydrogens is 724 g/mol. The third-order valence-corrected chi connectivity index (χ3v) is 8.76. The van der Waals surface area contributed by atoms with Crippen molar-refractivity contribution >= 4 is 35.7 Å². The average Bonchev–Trinajstić information content (AvgIpc) is 3.38. The van der Waals surface area contributed by atoms with E-state index < -0.39 is 53.5 Å². The van der Waals surface area contributed by atoms with Crippen LogP contribution in [0.4, 0.5) is 15.3 Å². The van der Waals surface area contributed by atoms with Gasteiger partial charge in [-0.15, -0.1) is 0 Å². The molecule has 0 aliphatic carbocycles. The van der Waals surface area contributed by atoms with E-state index in [0.717, 1.165) is 0 Å². The summed E-state index contributed by atoms with van der Waals surface area (Å²) in [5.74, 6) is -2.03. The summed E-state index contributed by atoms with van der Waals surface area (Å²) < 4.78 is 45.8. The molecule has 0 radical (unpaired) electrons. The van der Waals surface area contributed by atoms with Gasteiger partial charge in [0.15, 0.2) is 11.6 Å². The molecule has 14 nitrogen and oxygen atoms in total. The van der Waals surface area contributed by atoms with Gasteiger partial charge in [0.2, 0.25) is 0 Å². The molecule has 0 spiro atoms. The molecule has 1 saturated heterocycles.